The van der Waals surface area contributed by atoms with Crippen molar-refractivity contribution in [3.8, 4) is 0 Å². The molecule has 6 nitrogen and oxygen atoms in total. The predicted molar refractivity (Wildman–Crippen MR) is 134 cm³/mol. The summed E-state index contributed by atoms with van der Waals surface area (Å²) in [6.07, 6.45) is 1.91. The van der Waals surface area contributed by atoms with Crippen LogP contribution in [0.25, 0.3) is 27.9 Å². The third kappa shape index (κ3) is 4.09. The Morgan fingerprint density at radius 1 is 1.06 bits per heavy atom. The summed E-state index contributed by atoms with van der Waals surface area (Å²) in [4.78, 5) is 0. The second-order valence-electron chi connectivity index (χ2n) is 7.82. The fraction of sp³-hybridized carbons (Fsp3) is 0.200. The van der Waals surface area contributed by atoms with Crippen molar-refractivity contribution in [2.24, 2.45) is 0 Å². The minimum Gasteiger partial charge on any atom is -0.389 e. The largest absolute Gasteiger partial charge is 0.389 e. The summed E-state index contributed by atoms with van der Waals surface area (Å²) < 4.78 is 28.5. The zero-order valence-corrected chi connectivity index (χ0v) is 19.0. The van der Waals surface area contributed by atoms with Gasteiger partial charge < -0.3 is 15.0 Å². The molecule has 0 spiro atoms. The van der Waals surface area contributed by atoms with E-state index in [9.17, 15) is 13.5 Å². The summed E-state index contributed by atoms with van der Waals surface area (Å²) in [6, 6.07) is 21.4. The molecule has 0 amide bonds. The van der Waals surface area contributed by atoms with E-state index in [1.54, 1.807) is 25.3 Å². The average molecular weight is 450 g/mol. The van der Waals surface area contributed by atoms with Gasteiger partial charge in [-0.25, -0.2) is 8.42 Å². The lowest BCUT2D eigenvalue weighted by molar-refractivity contribution is 0.166. The van der Waals surface area contributed by atoms with Gasteiger partial charge >= 0.3 is 0 Å². The molecule has 0 saturated carbocycles. The summed E-state index contributed by atoms with van der Waals surface area (Å²) >= 11 is 0. The molecule has 32 heavy (non-hydrogen) atoms. The summed E-state index contributed by atoms with van der Waals surface area (Å²) in [5.74, 6) is 0. The highest BCUT2D eigenvalue weighted by atomic mass is 32.2. The lowest BCUT2D eigenvalue weighted by Gasteiger charge is -2.26. The van der Waals surface area contributed by atoms with E-state index >= 15 is 0 Å². The van der Waals surface area contributed by atoms with Crippen LogP contribution in [0.1, 0.15) is 5.56 Å². The number of rotatable bonds is 8. The van der Waals surface area contributed by atoms with Gasteiger partial charge in [-0.1, -0.05) is 49.1 Å². The van der Waals surface area contributed by atoms with E-state index in [1.807, 2.05) is 42.5 Å². The quantitative estimate of drug-likeness (QED) is 0.420. The predicted octanol–water partition coefficient (Wildman–Crippen LogP) is 4.31. The molecule has 4 aromatic rings. The van der Waals surface area contributed by atoms with Crippen molar-refractivity contribution in [2.45, 2.75) is 12.6 Å². The zero-order chi connectivity index (χ0) is 22.9. The van der Waals surface area contributed by atoms with Gasteiger partial charge in [0, 0.05) is 34.5 Å². The van der Waals surface area contributed by atoms with Crippen LogP contribution >= 0.6 is 0 Å². The van der Waals surface area contributed by atoms with Crippen LogP contribution in [0.3, 0.4) is 0 Å². The topological polar surface area (TPSA) is 74.6 Å². The normalized spacial score (nSPS) is 12.7. The minimum atomic E-state index is -3.61. The SMILES string of the molecule is C=Cc1cc(N(CC(O)Cn2c3ccccc3c3ccccc32)S(C)(=O)=O)ccc1NC. The number of aromatic nitrogens is 1. The molecule has 1 heterocycles. The first-order valence-electron chi connectivity index (χ1n) is 10.4. The fourth-order valence-electron chi connectivity index (χ4n) is 4.19. The van der Waals surface area contributed by atoms with Crippen molar-refractivity contribution in [2.75, 3.05) is 29.5 Å². The standard InChI is InChI=1S/C25H27N3O3S/c1-4-18-15-19(13-14-23(18)26-2)28(32(3,30)31)17-20(29)16-27-24-11-7-5-9-21(24)22-10-6-8-12-25(22)27/h4-15,20,26,29H,1,16-17H2,2-3H3. The Balaban J connectivity index is 1.69. The van der Waals surface area contributed by atoms with Crippen molar-refractivity contribution in [1.29, 1.82) is 0 Å². The first kappa shape index (κ1) is 21.9. The molecule has 7 heteroatoms. The van der Waals surface area contributed by atoms with Gasteiger partial charge in [-0.05, 0) is 35.9 Å². The Labute approximate surface area is 188 Å². The summed E-state index contributed by atoms with van der Waals surface area (Å²) in [7, 11) is -1.81. The molecule has 3 aromatic carbocycles. The van der Waals surface area contributed by atoms with E-state index < -0.39 is 16.1 Å². The van der Waals surface area contributed by atoms with Crippen LogP contribution in [0.15, 0.2) is 73.3 Å². The van der Waals surface area contributed by atoms with Gasteiger partial charge in [0.2, 0.25) is 10.0 Å². The van der Waals surface area contributed by atoms with Crippen molar-refractivity contribution < 1.29 is 13.5 Å². The molecular weight excluding hydrogens is 422 g/mol. The zero-order valence-electron chi connectivity index (χ0n) is 18.2. The van der Waals surface area contributed by atoms with Gasteiger partial charge in [0.25, 0.3) is 0 Å². The molecule has 0 fully saturated rings. The number of hydrogen-bond donors (Lipinski definition) is 2. The number of sulfonamides is 1. The summed E-state index contributed by atoms with van der Waals surface area (Å²) in [5.41, 5.74) is 4.14. The molecule has 1 atom stereocenters. The molecule has 0 bridgehead atoms. The lowest BCUT2D eigenvalue weighted by atomic mass is 10.1. The van der Waals surface area contributed by atoms with Gasteiger partial charge in [-0.2, -0.15) is 0 Å². The van der Waals surface area contributed by atoms with Crippen molar-refractivity contribution in [3.63, 3.8) is 0 Å². The highest BCUT2D eigenvalue weighted by molar-refractivity contribution is 7.92. The highest BCUT2D eigenvalue weighted by Gasteiger charge is 2.23. The Morgan fingerprint density at radius 3 is 2.19 bits per heavy atom. The molecule has 1 unspecified atom stereocenters. The Kier molecular flexibility index (Phi) is 5.95. The molecule has 0 saturated heterocycles. The first-order chi connectivity index (χ1) is 15.3. The molecule has 2 N–H and O–H groups in total. The Morgan fingerprint density at radius 2 is 1.66 bits per heavy atom. The Hall–Kier alpha value is -3.29. The lowest BCUT2D eigenvalue weighted by Crippen LogP contribution is -2.38. The number of nitrogens with zero attached hydrogens (tertiary/aromatic N) is 2. The Bertz CT molecular complexity index is 1340. The van der Waals surface area contributed by atoms with E-state index in [-0.39, 0.29) is 13.1 Å². The maximum atomic E-state index is 12.6. The monoisotopic (exact) mass is 449 g/mol. The van der Waals surface area contributed by atoms with Crippen LogP contribution in [0, 0.1) is 0 Å². The molecular formula is C25H27N3O3S. The van der Waals surface area contributed by atoms with Crippen LogP contribution in [-0.4, -0.2) is 44.0 Å². The molecule has 4 rings (SSSR count). The van der Waals surface area contributed by atoms with Crippen LogP contribution in [0.5, 0.6) is 0 Å². The van der Waals surface area contributed by atoms with Crippen molar-refractivity contribution in [3.05, 3.63) is 78.9 Å². The number of aliphatic hydroxyl groups is 1. The number of anilines is 2. The van der Waals surface area contributed by atoms with E-state index in [0.29, 0.717) is 5.69 Å². The van der Waals surface area contributed by atoms with E-state index in [4.69, 9.17) is 0 Å². The maximum absolute atomic E-state index is 12.6. The average Bonchev–Trinajstić information content (AvgIpc) is 3.10. The molecule has 166 valence electrons. The van der Waals surface area contributed by atoms with E-state index in [0.717, 1.165) is 39.3 Å². The van der Waals surface area contributed by atoms with Gasteiger partial charge in [-0.15, -0.1) is 0 Å². The van der Waals surface area contributed by atoms with Gasteiger partial charge in [0.1, 0.15) is 0 Å². The van der Waals surface area contributed by atoms with Crippen molar-refractivity contribution in [1.82, 2.24) is 4.57 Å². The van der Waals surface area contributed by atoms with Crippen LogP contribution < -0.4 is 9.62 Å². The van der Waals surface area contributed by atoms with Crippen LogP contribution in [0.2, 0.25) is 0 Å². The fourth-order valence-corrected chi connectivity index (χ4v) is 5.13. The van der Waals surface area contributed by atoms with Gasteiger partial charge in [0.15, 0.2) is 0 Å². The smallest absolute Gasteiger partial charge is 0.232 e. The second-order valence-corrected chi connectivity index (χ2v) is 9.73. The van der Waals surface area contributed by atoms with Gasteiger partial charge in [0.05, 0.1) is 31.1 Å². The highest BCUT2D eigenvalue weighted by Crippen LogP contribution is 2.30. The third-order valence-corrected chi connectivity index (χ3v) is 6.82. The third-order valence-electron chi connectivity index (χ3n) is 5.66. The molecule has 0 aliphatic heterocycles. The van der Waals surface area contributed by atoms with Crippen molar-refractivity contribution >= 4 is 49.3 Å². The summed E-state index contributed by atoms with van der Waals surface area (Å²) in [6.45, 7) is 4.02. The van der Waals surface area contributed by atoms with E-state index in [1.165, 1.54) is 4.31 Å². The molecule has 1 aromatic heterocycles. The summed E-state index contributed by atoms with van der Waals surface area (Å²) in [5, 5.41) is 16.3. The number of hydrogen-bond acceptors (Lipinski definition) is 4. The van der Waals surface area contributed by atoms with E-state index in [2.05, 4.69) is 28.6 Å². The number of nitrogens with one attached hydrogen (secondary N) is 1. The minimum absolute atomic E-state index is 0.0604. The number of aliphatic hydroxyl groups excluding tert-OH is 1. The molecule has 0 aliphatic carbocycles. The number of para-hydroxylation sites is 2. The maximum Gasteiger partial charge on any atom is 0.232 e. The van der Waals surface area contributed by atoms with Gasteiger partial charge in [-0.3, -0.25) is 4.31 Å². The van der Waals surface area contributed by atoms with Crippen LogP contribution in [-0.2, 0) is 16.6 Å². The second kappa shape index (κ2) is 8.68. The van der Waals surface area contributed by atoms with Crippen LogP contribution in [0.4, 0.5) is 11.4 Å². The molecule has 0 radical (unpaired) electrons. The number of fused-ring (bicyclic) bond motifs is 3. The number of benzene rings is 3. The molecule has 0 aliphatic rings. The first-order valence-corrected chi connectivity index (χ1v) is 12.2.